The van der Waals surface area contributed by atoms with Gasteiger partial charge in [0.25, 0.3) is 0 Å². The minimum Gasteiger partial charge on any atom is -0.497 e. The molecule has 20 heavy (non-hydrogen) atoms. The van der Waals surface area contributed by atoms with Gasteiger partial charge in [-0.05, 0) is 12.1 Å². The van der Waals surface area contributed by atoms with Crippen molar-refractivity contribution in [3.8, 4) is 5.75 Å². The van der Waals surface area contributed by atoms with Crippen LogP contribution >= 0.6 is 11.3 Å². The zero-order valence-electron chi connectivity index (χ0n) is 12.4. The number of nitrogens with one attached hydrogen (secondary N) is 1. The summed E-state index contributed by atoms with van der Waals surface area (Å²) in [5.74, 6) is 0.854. The molecule has 1 aromatic carbocycles. The van der Waals surface area contributed by atoms with Gasteiger partial charge in [-0.2, -0.15) is 0 Å². The molecule has 0 unspecified atom stereocenters. The van der Waals surface area contributed by atoms with Gasteiger partial charge in [0.1, 0.15) is 5.75 Å². The summed E-state index contributed by atoms with van der Waals surface area (Å²) in [5, 5.41) is 6.46. The highest BCUT2D eigenvalue weighted by atomic mass is 32.1. The molecule has 0 amide bonds. The zero-order valence-corrected chi connectivity index (χ0v) is 13.2. The molecule has 0 aliphatic carbocycles. The largest absolute Gasteiger partial charge is 0.497 e. The third kappa shape index (κ3) is 3.71. The number of rotatable bonds is 6. The fourth-order valence-electron chi connectivity index (χ4n) is 1.77. The molecule has 0 radical (unpaired) electrons. The molecule has 2 rings (SSSR count). The van der Waals surface area contributed by atoms with Crippen molar-refractivity contribution in [1.82, 2.24) is 10.3 Å². The molecule has 108 valence electrons. The Kier molecular flexibility index (Phi) is 4.98. The predicted octanol–water partition coefficient (Wildman–Crippen LogP) is 3.42. The number of benzene rings is 1. The average molecular weight is 291 g/mol. The number of ether oxygens (including phenoxy) is 1. The van der Waals surface area contributed by atoms with Crippen molar-refractivity contribution in [3.05, 3.63) is 35.3 Å². The van der Waals surface area contributed by atoms with E-state index in [0.29, 0.717) is 6.04 Å². The van der Waals surface area contributed by atoms with Crippen LogP contribution in [0.1, 0.15) is 19.5 Å². The second-order valence-electron chi connectivity index (χ2n) is 4.92. The van der Waals surface area contributed by atoms with Crippen molar-refractivity contribution in [2.24, 2.45) is 0 Å². The van der Waals surface area contributed by atoms with Crippen LogP contribution in [0.5, 0.6) is 5.75 Å². The lowest BCUT2D eigenvalue weighted by Gasteiger charge is -2.16. The van der Waals surface area contributed by atoms with Crippen LogP contribution in [0.4, 0.5) is 10.8 Å². The SMILES string of the molecule is COc1cccc(N(C)c2nc(CNC(C)C)cs2)c1. The van der Waals surface area contributed by atoms with E-state index in [2.05, 4.69) is 40.5 Å². The molecule has 0 aliphatic heterocycles. The summed E-state index contributed by atoms with van der Waals surface area (Å²) in [5.41, 5.74) is 2.15. The Balaban J connectivity index is 2.10. The molecule has 0 spiro atoms. The van der Waals surface area contributed by atoms with E-state index in [0.717, 1.165) is 28.8 Å². The van der Waals surface area contributed by atoms with Crippen LogP contribution in [0.15, 0.2) is 29.6 Å². The first kappa shape index (κ1) is 14.8. The smallest absolute Gasteiger partial charge is 0.189 e. The molecule has 0 saturated heterocycles. The van der Waals surface area contributed by atoms with Crippen LogP contribution < -0.4 is 15.0 Å². The van der Waals surface area contributed by atoms with Crippen LogP contribution in [-0.4, -0.2) is 25.2 Å². The van der Waals surface area contributed by atoms with E-state index in [1.165, 1.54) is 0 Å². The Morgan fingerprint density at radius 1 is 1.40 bits per heavy atom. The normalized spacial score (nSPS) is 10.8. The Bertz CT molecular complexity index is 554. The number of nitrogens with zero attached hydrogens (tertiary/aromatic N) is 2. The van der Waals surface area contributed by atoms with Gasteiger partial charge < -0.3 is 15.0 Å². The number of hydrogen-bond acceptors (Lipinski definition) is 5. The summed E-state index contributed by atoms with van der Waals surface area (Å²) >= 11 is 1.65. The van der Waals surface area contributed by atoms with Gasteiger partial charge in [-0.1, -0.05) is 19.9 Å². The minimum atomic E-state index is 0.469. The number of hydrogen-bond donors (Lipinski definition) is 1. The van der Waals surface area contributed by atoms with Gasteiger partial charge in [0.2, 0.25) is 0 Å². The van der Waals surface area contributed by atoms with Gasteiger partial charge in [-0.3, -0.25) is 0 Å². The summed E-state index contributed by atoms with van der Waals surface area (Å²) in [6.45, 7) is 5.07. The standard InChI is InChI=1S/C15H21N3OS/c1-11(2)16-9-12-10-20-15(17-12)18(3)13-6-5-7-14(8-13)19-4/h5-8,10-11,16H,9H2,1-4H3. The van der Waals surface area contributed by atoms with E-state index in [-0.39, 0.29) is 0 Å². The van der Waals surface area contributed by atoms with Crippen LogP contribution in [0.3, 0.4) is 0 Å². The molecule has 0 atom stereocenters. The van der Waals surface area contributed by atoms with Gasteiger partial charge in [-0.15, -0.1) is 11.3 Å². The Hall–Kier alpha value is -1.59. The van der Waals surface area contributed by atoms with Crippen molar-refractivity contribution in [3.63, 3.8) is 0 Å². The van der Waals surface area contributed by atoms with Crippen molar-refractivity contribution in [1.29, 1.82) is 0 Å². The van der Waals surface area contributed by atoms with Gasteiger partial charge in [0.15, 0.2) is 5.13 Å². The summed E-state index contributed by atoms with van der Waals surface area (Å²) in [7, 11) is 3.70. The quantitative estimate of drug-likeness (QED) is 0.885. The fourth-order valence-corrected chi connectivity index (χ4v) is 2.58. The maximum Gasteiger partial charge on any atom is 0.189 e. The molecule has 1 aromatic heterocycles. The first-order valence-corrected chi connectivity index (χ1v) is 7.53. The summed E-state index contributed by atoms with van der Waals surface area (Å²) in [6, 6.07) is 8.45. The molecule has 5 heteroatoms. The van der Waals surface area contributed by atoms with Crippen molar-refractivity contribution < 1.29 is 4.74 Å². The molecular formula is C15H21N3OS. The summed E-state index contributed by atoms with van der Waals surface area (Å²) in [4.78, 5) is 6.73. The number of aromatic nitrogens is 1. The Morgan fingerprint density at radius 2 is 2.20 bits per heavy atom. The maximum atomic E-state index is 5.26. The lowest BCUT2D eigenvalue weighted by Crippen LogP contribution is -2.22. The zero-order chi connectivity index (χ0) is 14.5. The fraction of sp³-hybridized carbons (Fsp3) is 0.400. The van der Waals surface area contributed by atoms with E-state index in [1.54, 1.807) is 18.4 Å². The highest BCUT2D eigenvalue weighted by Crippen LogP contribution is 2.29. The summed E-state index contributed by atoms with van der Waals surface area (Å²) in [6.07, 6.45) is 0. The number of methoxy groups -OCH3 is 1. The van der Waals surface area contributed by atoms with Crippen molar-refractivity contribution >= 4 is 22.2 Å². The van der Waals surface area contributed by atoms with Gasteiger partial charge in [0, 0.05) is 36.8 Å². The second-order valence-corrected chi connectivity index (χ2v) is 5.75. The molecule has 1 heterocycles. The number of anilines is 2. The maximum absolute atomic E-state index is 5.26. The van der Waals surface area contributed by atoms with E-state index in [9.17, 15) is 0 Å². The monoisotopic (exact) mass is 291 g/mol. The van der Waals surface area contributed by atoms with Crippen molar-refractivity contribution in [2.45, 2.75) is 26.4 Å². The van der Waals surface area contributed by atoms with Crippen LogP contribution in [0, 0.1) is 0 Å². The van der Waals surface area contributed by atoms with Gasteiger partial charge >= 0.3 is 0 Å². The van der Waals surface area contributed by atoms with E-state index < -0.39 is 0 Å². The van der Waals surface area contributed by atoms with Crippen LogP contribution in [0.2, 0.25) is 0 Å². The van der Waals surface area contributed by atoms with E-state index >= 15 is 0 Å². The second kappa shape index (κ2) is 6.72. The van der Waals surface area contributed by atoms with Crippen molar-refractivity contribution in [2.75, 3.05) is 19.1 Å². The first-order chi connectivity index (χ1) is 9.60. The molecule has 0 fully saturated rings. The Morgan fingerprint density at radius 3 is 2.90 bits per heavy atom. The third-order valence-electron chi connectivity index (χ3n) is 2.96. The van der Waals surface area contributed by atoms with E-state index in [4.69, 9.17) is 4.74 Å². The Labute approximate surface area is 124 Å². The summed E-state index contributed by atoms with van der Waals surface area (Å²) < 4.78 is 5.26. The van der Waals surface area contributed by atoms with Crippen LogP contribution in [0.25, 0.3) is 0 Å². The lowest BCUT2D eigenvalue weighted by atomic mass is 10.3. The third-order valence-corrected chi connectivity index (χ3v) is 3.92. The minimum absolute atomic E-state index is 0.469. The molecular weight excluding hydrogens is 270 g/mol. The van der Waals surface area contributed by atoms with Gasteiger partial charge in [-0.25, -0.2) is 4.98 Å². The van der Waals surface area contributed by atoms with Crippen LogP contribution in [-0.2, 0) is 6.54 Å². The molecule has 0 bridgehead atoms. The molecule has 2 aromatic rings. The highest BCUT2D eigenvalue weighted by molar-refractivity contribution is 7.13. The highest BCUT2D eigenvalue weighted by Gasteiger charge is 2.10. The molecule has 0 saturated carbocycles. The predicted molar refractivity (Wildman–Crippen MR) is 85.1 cm³/mol. The number of thiazole rings is 1. The topological polar surface area (TPSA) is 37.4 Å². The average Bonchev–Trinajstić information content (AvgIpc) is 2.93. The molecule has 0 aliphatic rings. The lowest BCUT2D eigenvalue weighted by molar-refractivity contribution is 0.415. The van der Waals surface area contributed by atoms with E-state index in [1.807, 2.05) is 25.2 Å². The molecule has 1 N–H and O–H groups in total. The van der Waals surface area contributed by atoms with Gasteiger partial charge in [0.05, 0.1) is 12.8 Å². The molecule has 4 nitrogen and oxygen atoms in total. The first-order valence-electron chi connectivity index (χ1n) is 6.65.